The van der Waals surface area contributed by atoms with Gasteiger partial charge in [0.05, 0.1) is 16.4 Å². The van der Waals surface area contributed by atoms with Crippen LogP contribution in [0.25, 0.3) is 0 Å². The first-order valence-electron chi connectivity index (χ1n) is 7.33. The number of rotatable bonds is 8. The molecule has 19 heavy (non-hydrogen) atoms. The zero-order valence-electron chi connectivity index (χ0n) is 13.0. The van der Waals surface area contributed by atoms with Crippen LogP contribution in [0.5, 0.6) is 0 Å². The smallest absolute Gasteiger partial charge is 0.0847 e. The van der Waals surface area contributed by atoms with E-state index in [1.165, 1.54) is 12.1 Å². The van der Waals surface area contributed by atoms with Crippen LogP contribution in [0, 0.1) is 12.3 Å². The van der Waals surface area contributed by atoms with Gasteiger partial charge in [-0.15, -0.1) is 0 Å². The van der Waals surface area contributed by atoms with Gasteiger partial charge in [-0.3, -0.25) is 4.68 Å². The van der Waals surface area contributed by atoms with Gasteiger partial charge in [-0.05, 0) is 51.6 Å². The van der Waals surface area contributed by atoms with Crippen LogP contribution in [-0.4, -0.2) is 22.9 Å². The van der Waals surface area contributed by atoms with Crippen LogP contribution in [0.3, 0.4) is 0 Å². The van der Waals surface area contributed by atoms with E-state index in [1.807, 2.05) is 11.6 Å². The molecule has 0 aromatic carbocycles. The molecule has 0 saturated heterocycles. The van der Waals surface area contributed by atoms with Crippen molar-refractivity contribution in [3.63, 3.8) is 0 Å². The van der Waals surface area contributed by atoms with E-state index in [9.17, 15) is 0 Å². The fraction of sp³-hybridized carbons (Fsp3) is 0.800. The van der Waals surface area contributed by atoms with E-state index in [0.29, 0.717) is 0 Å². The third kappa shape index (κ3) is 4.81. The molecule has 1 aromatic heterocycles. The molecule has 1 N–H and O–H groups in total. The molecule has 0 aliphatic rings. The number of nitrogens with one attached hydrogen (secondary N) is 1. The van der Waals surface area contributed by atoms with Gasteiger partial charge < -0.3 is 5.32 Å². The third-order valence-electron chi connectivity index (χ3n) is 3.50. The minimum atomic E-state index is 0.240. The summed E-state index contributed by atoms with van der Waals surface area (Å²) in [6.45, 7) is 13.9. The van der Waals surface area contributed by atoms with Crippen LogP contribution in [0.15, 0.2) is 0 Å². The Bertz CT molecular complexity index is 396. The van der Waals surface area contributed by atoms with Crippen molar-refractivity contribution in [2.24, 2.45) is 5.41 Å². The Morgan fingerprint density at radius 1 is 1.26 bits per heavy atom. The van der Waals surface area contributed by atoms with Gasteiger partial charge in [0, 0.05) is 6.54 Å². The van der Waals surface area contributed by atoms with Crippen molar-refractivity contribution < 1.29 is 0 Å². The zero-order chi connectivity index (χ0) is 14.5. The van der Waals surface area contributed by atoms with Crippen molar-refractivity contribution in [1.82, 2.24) is 15.1 Å². The van der Waals surface area contributed by atoms with Crippen molar-refractivity contribution in [2.75, 3.05) is 13.1 Å². The van der Waals surface area contributed by atoms with E-state index in [0.717, 1.165) is 43.2 Å². The molecule has 0 unspecified atom stereocenters. The lowest BCUT2D eigenvalue weighted by molar-refractivity contribution is 0.316. The average Bonchev–Trinajstić information content (AvgIpc) is 2.62. The van der Waals surface area contributed by atoms with Gasteiger partial charge in [0.1, 0.15) is 0 Å². The summed E-state index contributed by atoms with van der Waals surface area (Å²) in [6.07, 6.45) is 3.32. The van der Waals surface area contributed by atoms with Crippen molar-refractivity contribution in [3.8, 4) is 0 Å². The molecule has 0 amide bonds. The summed E-state index contributed by atoms with van der Waals surface area (Å²) >= 11 is 6.38. The molecule has 1 heterocycles. The molecule has 0 aliphatic carbocycles. The summed E-state index contributed by atoms with van der Waals surface area (Å²) < 4.78 is 2.04. The molecule has 0 atom stereocenters. The lowest BCUT2D eigenvalue weighted by Crippen LogP contribution is -2.25. The van der Waals surface area contributed by atoms with E-state index < -0.39 is 0 Å². The standard InChI is InChI=1S/C15H28ClN3/c1-6-9-17-10-8-15(4,5)11-13-14(16)12(3)18-19(13)7-2/h17H,6-11H2,1-5H3. The second-order valence-corrected chi connectivity index (χ2v) is 6.38. The molecule has 1 aromatic rings. The highest BCUT2D eigenvalue weighted by molar-refractivity contribution is 6.31. The highest BCUT2D eigenvalue weighted by Crippen LogP contribution is 2.30. The van der Waals surface area contributed by atoms with E-state index in [4.69, 9.17) is 11.6 Å². The largest absolute Gasteiger partial charge is 0.317 e. The summed E-state index contributed by atoms with van der Waals surface area (Å²) in [5, 5.41) is 8.81. The lowest BCUT2D eigenvalue weighted by atomic mass is 9.84. The normalized spacial score (nSPS) is 12.1. The second kappa shape index (κ2) is 7.30. The Labute approximate surface area is 122 Å². The SMILES string of the molecule is CCCNCCC(C)(C)Cc1c(Cl)c(C)nn1CC. The Morgan fingerprint density at radius 2 is 1.95 bits per heavy atom. The molecule has 3 nitrogen and oxygen atoms in total. The predicted octanol–water partition coefficient (Wildman–Crippen LogP) is 3.82. The topological polar surface area (TPSA) is 29.9 Å². The van der Waals surface area contributed by atoms with Crippen LogP contribution in [-0.2, 0) is 13.0 Å². The van der Waals surface area contributed by atoms with Crippen LogP contribution in [0.4, 0.5) is 0 Å². The van der Waals surface area contributed by atoms with Crippen LogP contribution >= 0.6 is 11.6 Å². The average molecular weight is 286 g/mol. The molecular formula is C15H28ClN3. The molecule has 110 valence electrons. The monoisotopic (exact) mass is 285 g/mol. The van der Waals surface area contributed by atoms with Gasteiger partial charge in [-0.1, -0.05) is 32.4 Å². The first-order chi connectivity index (χ1) is 8.91. The molecular weight excluding hydrogens is 258 g/mol. The highest BCUT2D eigenvalue weighted by Gasteiger charge is 2.23. The van der Waals surface area contributed by atoms with Crippen LogP contribution in [0.2, 0.25) is 5.02 Å². The fourth-order valence-corrected chi connectivity index (χ4v) is 2.51. The molecule has 1 rings (SSSR count). The highest BCUT2D eigenvalue weighted by atomic mass is 35.5. The molecule has 0 radical (unpaired) electrons. The Hall–Kier alpha value is -0.540. The second-order valence-electron chi connectivity index (χ2n) is 6.00. The predicted molar refractivity (Wildman–Crippen MR) is 82.9 cm³/mol. The van der Waals surface area contributed by atoms with Crippen molar-refractivity contribution in [1.29, 1.82) is 0 Å². The number of aromatic nitrogens is 2. The van der Waals surface area contributed by atoms with E-state index >= 15 is 0 Å². The lowest BCUT2D eigenvalue weighted by Gasteiger charge is -2.25. The van der Waals surface area contributed by atoms with Gasteiger partial charge in [-0.2, -0.15) is 5.10 Å². The fourth-order valence-electron chi connectivity index (χ4n) is 2.31. The number of halogens is 1. The van der Waals surface area contributed by atoms with Gasteiger partial charge >= 0.3 is 0 Å². The Kier molecular flexibility index (Phi) is 6.34. The summed E-state index contributed by atoms with van der Waals surface area (Å²) in [7, 11) is 0. The quantitative estimate of drug-likeness (QED) is 0.736. The number of aryl methyl sites for hydroxylation is 2. The number of nitrogens with zero attached hydrogens (tertiary/aromatic N) is 2. The first-order valence-corrected chi connectivity index (χ1v) is 7.71. The van der Waals surface area contributed by atoms with Crippen molar-refractivity contribution >= 4 is 11.6 Å². The number of hydrogen-bond donors (Lipinski definition) is 1. The first kappa shape index (κ1) is 16.5. The summed E-state index contributed by atoms with van der Waals surface area (Å²) in [5.74, 6) is 0. The van der Waals surface area contributed by atoms with Gasteiger partial charge in [0.2, 0.25) is 0 Å². The third-order valence-corrected chi connectivity index (χ3v) is 4.00. The van der Waals surface area contributed by atoms with Crippen LogP contribution < -0.4 is 5.32 Å². The Morgan fingerprint density at radius 3 is 2.53 bits per heavy atom. The number of hydrogen-bond acceptors (Lipinski definition) is 2. The maximum absolute atomic E-state index is 6.38. The Balaban J connectivity index is 2.66. The molecule has 0 bridgehead atoms. The summed E-state index contributed by atoms with van der Waals surface area (Å²) in [5.41, 5.74) is 2.37. The molecule has 0 saturated carbocycles. The summed E-state index contributed by atoms with van der Waals surface area (Å²) in [4.78, 5) is 0. The molecule has 0 aliphatic heterocycles. The van der Waals surface area contributed by atoms with Gasteiger partial charge in [0.25, 0.3) is 0 Å². The van der Waals surface area contributed by atoms with Gasteiger partial charge in [0.15, 0.2) is 0 Å². The zero-order valence-corrected chi connectivity index (χ0v) is 13.8. The minimum Gasteiger partial charge on any atom is -0.317 e. The van der Waals surface area contributed by atoms with Crippen LogP contribution in [0.1, 0.15) is 51.9 Å². The van der Waals surface area contributed by atoms with E-state index in [-0.39, 0.29) is 5.41 Å². The molecule has 4 heteroatoms. The van der Waals surface area contributed by atoms with Gasteiger partial charge in [-0.25, -0.2) is 0 Å². The summed E-state index contributed by atoms with van der Waals surface area (Å²) in [6, 6.07) is 0. The van der Waals surface area contributed by atoms with Crippen molar-refractivity contribution in [3.05, 3.63) is 16.4 Å². The minimum absolute atomic E-state index is 0.240. The molecule has 0 fully saturated rings. The van der Waals surface area contributed by atoms with Crippen molar-refractivity contribution in [2.45, 2.75) is 60.4 Å². The maximum Gasteiger partial charge on any atom is 0.0847 e. The van der Waals surface area contributed by atoms with E-state index in [1.54, 1.807) is 0 Å². The molecule has 0 spiro atoms. The maximum atomic E-state index is 6.38. The van der Waals surface area contributed by atoms with E-state index in [2.05, 4.69) is 38.1 Å².